The fourth-order valence-corrected chi connectivity index (χ4v) is 3.11. The lowest BCUT2D eigenvalue weighted by Crippen LogP contribution is -2.37. The third-order valence-corrected chi connectivity index (χ3v) is 4.58. The zero-order valence-corrected chi connectivity index (χ0v) is 14.7. The maximum absolute atomic E-state index is 14.2. The summed E-state index contributed by atoms with van der Waals surface area (Å²) in [7, 11) is 3.22. The van der Waals surface area contributed by atoms with Gasteiger partial charge in [-0.2, -0.15) is 5.10 Å². The number of amides is 2. The molecule has 1 saturated heterocycles. The fraction of sp³-hybridized carbons (Fsp3) is 0.389. The van der Waals surface area contributed by atoms with Crippen molar-refractivity contribution < 1.29 is 18.4 Å². The minimum Gasteiger partial charge on any atom is -0.341 e. The molecular formula is C18H20F2N4O2. The summed E-state index contributed by atoms with van der Waals surface area (Å²) in [5.41, 5.74) is 0.628. The maximum Gasteiger partial charge on any atom is 0.257 e. The summed E-state index contributed by atoms with van der Waals surface area (Å²) in [5, 5.41) is 4.05. The number of hydrogen-bond donors (Lipinski definition) is 0. The van der Waals surface area contributed by atoms with Crippen molar-refractivity contribution in [2.45, 2.75) is 12.8 Å². The van der Waals surface area contributed by atoms with Crippen LogP contribution in [0.25, 0.3) is 11.3 Å². The van der Waals surface area contributed by atoms with Crippen molar-refractivity contribution in [3.63, 3.8) is 0 Å². The number of nitrogens with zero attached hydrogens (tertiary/aromatic N) is 4. The SMILES string of the molecule is CN(CCN1CCCC1=O)C(=O)c1cnn(C)c1-c1ccc(F)cc1F. The summed E-state index contributed by atoms with van der Waals surface area (Å²) in [6, 6.07) is 3.21. The summed E-state index contributed by atoms with van der Waals surface area (Å²) < 4.78 is 28.8. The van der Waals surface area contributed by atoms with Gasteiger partial charge in [-0.1, -0.05) is 0 Å². The quantitative estimate of drug-likeness (QED) is 0.818. The van der Waals surface area contributed by atoms with Crippen molar-refractivity contribution in [1.29, 1.82) is 0 Å². The normalized spacial score (nSPS) is 14.2. The number of carbonyl (C=O) groups is 2. The third-order valence-electron chi connectivity index (χ3n) is 4.58. The van der Waals surface area contributed by atoms with Crippen molar-refractivity contribution >= 4 is 11.8 Å². The van der Waals surface area contributed by atoms with Crippen LogP contribution in [-0.4, -0.2) is 58.1 Å². The molecule has 2 aromatic rings. The molecule has 138 valence electrons. The molecule has 8 heteroatoms. The molecule has 0 unspecified atom stereocenters. The number of aryl methyl sites for hydroxylation is 1. The summed E-state index contributed by atoms with van der Waals surface area (Å²) in [6.45, 7) is 1.53. The third kappa shape index (κ3) is 3.44. The Morgan fingerprint density at radius 2 is 2.12 bits per heavy atom. The first-order valence-electron chi connectivity index (χ1n) is 8.39. The van der Waals surface area contributed by atoms with Crippen LogP contribution in [0, 0.1) is 11.6 Å². The minimum atomic E-state index is -0.757. The molecule has 1 aliphatic rings. The van der Waals surface area contributed by atoms with E-state index < -0.39 is 11.6 Å². The molecule has 1 fully saturated rings. The van der Waals surface area contributed by atoms with E-state index in [9.17, 15) is 18.4 Å². The summed E-state index contributed by atoms with van der Waals surface area (Å²) in [5.74, 6) is -1.67. The molecule has 2 amide bonds. The number of carbonyl (C=O) groups excluding carboxylic acids is 2. The lowest BCUT2D eigenvalue weighted by molar-refractivity contribution is -0.127. The summed E-state index contributed by atoms with van der Waals surface area (Å²) in [4.78, 5) is 27.7. The van der Waals surface area contributed by atoms with Gasteiger partial charge in [0, 0.05) is 51.8 Å². The van der Waals surface area contributed by atoms with E-state index in [2.05, 4.69) is 5.10 Å². The zero-order chi connectivity index (χ0) is 18.8. The molecular weight excluding hydrogens is 342 g/mol. The Hall–Kier alpha value is -2.77. The Kier molecular flexibility index (Phi) is 5.01. The van der Waals surface area contributed by atoms with Gasteiger partial charge in [-0.05, 0) is 18.6 Å². The molecule has 0 aliphatic carbocycles. The van der Waals surface area contributed by atoms with Crippen molar-refractivity contribution in [1.82, 2.24) is 19.6 Å². The molecule has 2 heterocycles. The summed E-state index contributed by atoms with van der Waals surface area (Å²) in [6.07, 6.45) is 2.76. The lowest BCUT2D eigenvalue weighted by Gasteiger charge is -2.22. The number of likely N-dealkylation sites (N-methyl/N-ethyl adjacent to an activating group) is 1. The number of hydrogen-bond acceptors (Lipinski definition) is 3. The van der Waals surface area contributed by atoms with Gasteiger partial charge in [-0.3, -0.25) is 14.3 Å². The molecule has 0 N–H and O–H groups in total. The molecule has 6 nitrogen and oxygen atoms in total. The van der Waals surface area contributed by atoms with Crippen LogP contribution in [-0.2, 0) is 11.8 Å². The molecule has 26 heavy (non-hydrogen) atoms. The maximum atomic E-state index is 14.2. The first-order chi connectivity index (χ1) is 12.4. The predicted molar refractivity (Wildman–Crippen MR) is 91.3 cm³/mol. The van der Waals surface area contributed by atoms with E-state index in [1.807, 2.05) is 0 Å². The van der Waals surface area contributed by atoms with Crippen LogP contribution in [0.5, 0.6) is 0 Å². The highest BCUT2D eigenvalue weighted by Gasteiger charge is 2.25. The first kappa shape index (κ1) is 18.0. The Balaban J connectivity index is 1.80. The van der Waals surface area contributed by atoms with E-state index in [0.29, 0.717) is 26.1 Å². The average Bonchev–Trinajstić information content (AvgIpc) is 3.18. The van der Waals surface area contributed by atoms with Gasteiger partial charge in [0.15, 0.2) is 0 Å². The van der Waals surface area contributed by atoms with Crippen LogP contribution in [0.4, 0.5) is 8.78 Å². The predicted octanol–water partition coefficient (Wildman–Crippen LogP) is 2.06. The average molecular weight is 362 g/mol. The van der Waals surface area contributed by atoms with Gasteiger partial charge in [0.1, 0.15) is 11.6 Å². The van der Waals surface area contributed by atoms with Crippen molar-refractivity contribution in [3.8, 4) is 11.3 Å². The fourth-order valence-electron chi connectivity index (χ4n) is 3.11. The van der Waals surface area contributed by atoms with E-state index in [1.165, 1.54) is 21.8 Å². The van der Waals surface area contributed by atoms with Gasteiger partial charge in [0.2, 0.25) is 5.91 Å². The number of aromatic nitrogens is 2. The van der Waals surface area contributed by atoms with Gasteiger partial charge in [0.25, 0.3) is 5.91 Å². The van der Waals surface area contributed by atoms with Crippen LogP contribution in [0.2, 0.25) is 0 Å². The van der Waals surface area contributed by atoms with E-state index in [0.717, 1.165) is 18.6 Å². The van der Waals surface area contributed by atoms with Gasteiger partial charge in [-0.25, -0.2) is 8.78 Å². The van der Waals surface area contributed by atoms with Crippen LogP contribution in [0.1, 0.15) is 23.2 Å². The highest BCUT2D eigenvalue weighted by molar-refractivity contribution is 5.99. The molecule has 0 radical (unpaired) electrons. The van der Waals surface area contributed by atoms with Crippen LogP contribution in [0.3, 0.4) is 0 Å². The standard InChI is InChI=1S/C18H20F2N4O2/c1-22(8-9-24-7-3-4-16(24)25)18(26)14-11-21-23(2)17(14)13-6-5-12(19)10-15(13)20/h5-6,10-11H,3-4,7-9H2,1-2H3. The number of rotatable bonds is 5. The Morgan fingerprint density at radius 1 is 1.35 bits per heavy atom. The number of halogens is 2. The van der Waals surface area contributed by atoms with Gasteiger partial charge >= 0.3 is 0 Å². The Morgan fingerprint density at radius 3 is 2.77 bits per heavy atom. The van der Waals surface area contributed by atoms with E-state index >= 15 is 0 Å². The Labute approximate surface area is 150 Å². The van der Waals surface area contributed by atoms with E-state index in [1.54, 1.807) is 19.0 Å². The van der Waals surface area contributed by atoms with Gasteiger partial charge < -0.3 is 9.80 Å². The largest absolute Gasteiger partial charge is 0.341 e. The van der Waals surface area contributed by atoms with Crippen LogP contribution >= 0.6 is 0 Å². The van der Waals surface area contributed by atoms with Crippen LogP contribution in [0.15, 0.2) is 24.4 Å². The van der Waals surface area contributed by atoms with Crippen LogP contribution < -0.4 is 0 Å². The molecule has 0 bridgehead atoms. The van der Waals surface area contributed by atoms with Crippen molar-refractivity contribution in [2.75, 3.05) is 26.7 Å². The Bertz CT molecular complexity index is 850. The number of benzene rings is 1. The smallest absolute Gasteiger partial charge is 0.257 e. The number of likely N-dealkylation sites (tertiary alicyclic amines) is 1. The van der Waals surface area contributed by atoms with Gasteiger partial charge in [0.05, 0.1) is 17.5 Å². The van der Waals surface area contributed by atoms with Gasteiger partial charge in [-0.15, -0.1) is 0 Å². The molecule has 1 aromatic heterocycles. The molecule has 0 saturated carbocycles. The zero-order valence-electron chi connectivity index (χ0n) is 14.7. The summed E-state index contributed by atoms with van der Waals surface area (Å²) >= 11 is 0. The first-order valence-corrected chi connectivity index (χ1v) is 8.39. The topological polar surface area (TPSA) is 58.4 Å². The monoisotopic (exact) mass is 362 g/mol. The lowest BCUT2D eigenvalue weighted by atomic mass is 10.1. The molecule has 0 spiro atoms. The molecule has 0 atom stereocenters. The second-order valence-corrected chi connectivity index (χ2v) is 6.37. The second kappa shape index (κ2) is 7.23. The second-order valence-electron chi connectivity index (χ2n) is 6.37. The highest BCUT2D eigenvalue weighted by atomic mass is 19.1. The van der Waals surface area contributed by atoms with E-state index in [-0.39, 0.29) is 28.6 Å². The molecule has 1 aliphatic heterocycles. The van der Waals surface area contributed by atoms with Crippen molar-refractivity contribution in [2.24, 2.45) is 7.05 Å². The highest BCUT2D eigenvalue weighted by Crippen LogP contribution is 2.27. The molecule has 3 rings (SSSR count). The minimum absolute atomic E-state index is 0.0984. The van der Waals surface area contributed by atoms with Crippen molar-refractivity contribution in [3.05, 3.63) is 41.6 Å². The molecule has 1 aromatic carbocycles. The van der Waals surface area contributed by atoms with E-state index in [4.69, 9.17) is 0 Å².